The van der Waals surface area contributed by atoms with E-state index in [4.69, 9.17) is 4.74 Å². The van der Waals surface area contributed by atoms with E-state index in [0.717, 1.165) is 13.2 Å². The molecule has 0 aliphatic carbocycles. The van der Waals surface area contributed by atoms with Crippen LogP contribution in [0, 0.1) is 6.92 Å². The number of aryl methyl sites for hydroxylation is 2. The van der Waals surface area contributed by atoms with Gasteiger partial charge in [-0.3, -0.25) is 0 Å². The van der Waals surface area contributed by atoms with Gasteiger partial charge in [0.2, 0.25) is 0 Å². The van der Waals surface area contributed by atoms with Gasteiger partial charge in [0.05, 0.1) is 6.61 Å². The summed E-state index contributed by atoms with van der Waals surface area (Å²) < 4.78 is 7.40. The van der Waals surface area contributed by atoms with Crippen LogP contribution in [0.15, 0.2) is 12.3 Å². The van der Waals surface area contributed by atoms with Gasteiger partial charge in [-0.1, -0.05) is 0 Å². The molecule has 0 bridgehead atoms. The number of rotatable bonds is 3. The molecule has 0 unspecified atom stereocenters. The molecule has 1 aromatic heterocycles. The number of nitrogens with zero attached hydrogens (tertiary/aromatic N) is 1. The Morgan fingerprint density at radius 2 is 2.27 bits per heavy atom. The Hall–Kier alpha value is -0.760. The monoisotopic (exact) mass is 153 g/mol. The minimum Gasteiger partial charge on any atom is -0.376 e. The van der Waals surface area contributed by atoms with Crippen molar-refractivity contribution in [3.63, 3.8) is 0 Å². The van der Waals surface area contributed by atoms with Gasteiger partial charge in [0.1, 0.15) is 0 Å². The first-order valence-corrected chi connectivity index (χ1v) is 3.93. The number of hydrogen-bond donors (Lipinski definition) is 0. The first kappa shape index (κ1) is 8.34. The molecule has 0 radical (unpaired) electrons. The van der Waals surface area contributed by atoms with Gasteiger partial charge < -0.3 is 9.30 Å². The Morgan fingerprint density at radius 3 is 2.73 bits per heavy atom. The topological polar surface area (TPSA) is 14.2 Å². The van der Waals surface area contributed by atoms with E-state index in [1.54, 1.807) is 0 Å². The number of aromatic nitrogens is 1. The molecule has 0 amide bonds. The lowest BCUT2D eigenvalue weighted by Gasteiger charge is -2.01. The SMILES string of the molecule is CCOCc1cc(C)cn1C. The summed E-state index contributed by atoms with van der Waals surface area (Å²) in [6, 6.07) is 2.15. The van der Waals surface area contributed by atoms with Crippen molar-refractivity contribution in [3.05, 3.63) is 23.5 Å². The molecule has 0 N–H and O–H groups in total. The summed E-state index contributed by atoms with van der Waals surface area (Å²) in [4.78, 5) is 0. The molecule has 62 valence electrons. The minimum absolute atomic E-state index is 0.723. The summed E-state index contributed by atoms with van der Waals surface area (Å²) in [5.41, 5.74) is 2.53. The zero-order valence-corrected chi connectivity index (χ0v) is 7.42. The standard InChI is InChI=1S/C9H15NO/c1-4-11-7-9-5-8(2)6-10(9)3/h5-6H,4,7H2,1-3H3. The second-order valence-electron chi connectivity index (χ2n) is 2.76. The van der Waals surface area contributed by atoms with Crippen molar-refractivity contribution in [3.8, 4) is 0 Å². The molecule has 2 nitrogen and oxygen atoms in total. The molecule has 0 aromatic carbocycles. The van der Waals surface area contributed by atoms with E-state index >= 15 is 0 Å². The lowest BCUT2D eigenvalue weighted by molar-refractivity contribution is 0.129. The fourth-order valence-corrected chi connectivity index (χ4v) is 1.14. The highest BCUT2D eigenvalue weighted by molar-refractivity contribution is 5.15. The lowest BCUT2D eigenvalue weighted by Crippen LogP contribution is -1.97. The lowest BCUT2D eigenvalue weighted by atomic mass is 10.3. The van der Waals surface area contributed by atoms with Crippen molar-refractivity contribution >= 4 is 0 Å². The van der Waals surface area contributed by atoms with Gasteiger partial charge in [-0.25, -0.2) is 0 Å². The molecular formula is C9H15NO. The van der Waals surface area contributed by atoms with Gasteiger partial charge in [-0.05, 0) is 25.5 Å². The van der Waals surface area contributed by atoms with E-state index < -0.39 is 0 Å². The largest absolute Gasteiger partial charge is 0.376 e. The molecular weight excluding hydrogens is 138 g/mol. The normalized spacial score (nSPS) is 10.5. The maximum atomic E-state index is 5.29. The molecule has 0 aliphatic heterocycles. The maximum Gasteiger partial charge on any atom is 0.0867 e. The van der Waals surface area contributed by atoms with Crippen LogP contribution in [0.3, 0.4) is 0 Å². The number of hydrogen-bond acceptors (Lipinski definition) is 1. The molecule has 0 aliphatic rings. The Labute approximate surface area is 67.8 Å². The van der Waals surface area contributed by atoms with Crippen LogP contribution in [0.4, 0.5) is 0 Å². The Kier molecular flexibility index (Phi) is 2.71. The van der Waals surface area contributed by atoms with Gasteiger partial charge >= 0.3 is 0 Å². The van der Waals surface area contributed by atoms with Crippen molar-refractivity contribution in [1.82, 2.24) is 4.57 Å². The first-order chi connectivity index (χ1) is 5.24. The summed E-state index contributed by atoms with van der Waals surface area (Å²) in [5.74, 6) is 0. The van der Waals surface area contributed by atoms with Crippen LogP contribution < -0.4 is 0 Å². The molecule has 0 spiro atoms. The third-order valence-electron chi connectivity index (χ3n) is 1.70. The first-order valence-electron chi connectivity index (χ1n) is 3.93. The van der Waals surface area contributed by atoms with Crippen LogP contribution in [-0.2, 0) is 18.4 Å². The van der Waals surface area contributed by atoms with Crippen LogP contribution in [0.5, 0.6) is 0 Å². The summed E-state index contributed by atoms with van der Waals surface area (Å²) >= 11 is 0. The molecule has 0 atom stereocenters. The third kappa shape index (κ3) is 2.09. The molecule has 1 aromatic rings. The van der Waals surface area contributed by atoms with Crippen molar-refractivity contribution in [2.75, 3.05) is 6.61 Å². The van der Waals surface area contributed by atoms with E-state index in [1.165, 1.54) is 11.3 Å². The van der Waals surface area contributed by atoms with Gasteiger partial charge in [0, 0.05) is 25.5 Å². The van der Waals surface area contributed by atoms with E-state index in [1.807, 2.05) is 14.0 Å². The maximum absolute atomic E-state index is 5.29. The summed E-state index contributed by atoms with van der Waals surface area (Å²) in [6.07, 6.45) is 2.11. The molecule has 0 fully saturated rings. The van der Waals surface area contributed by atoms with E-state index in [2.05, 4.69) is 23.8 Å². The van der Waals surface area contributed by atoms with E-state index in [9.17, 15) is 0 Å². The van der Waals surface area contributed by atoms with Crippen molar-refractivity contribution < 1.29 is 4.74 Å². The van der Waals surface area contributed by atoms with Crippen molar-refractivity contribution in [1.29, 1.82) is 0 Å². The Bertz CT molecular complexity index is 227. The van der Waals surface area contributed by atoms with Crippen molar-refractivity contribution in [2.45, 2.75) is 20.5 Å². The van der Waals surface area contributed by atoms with Gasteiger partial charge in [-0.15, -0.1) is 0 Å². The molecule has 1 rings (SSSR count). The van der Waals surface area contributed by atoms with Crippen LogP contribution in [-0.4, -0.2) is 11.2 Å². The summed E-state index contributed by atoms with van der Waals surface area (Å²) in [5, 5.41) is 0. The number of ether oxygens (including phenoxy) is 1. The second-order valence-corrected chi connectivity index (χ2v) is 2.76. The van der Waals surface area contributed by atoms with Gasteiger partial charge in [0.25, 0.3) is 0 Å². The van der Waals surface area contributed by atoms with Gasteiger partial charge in [-0.2, -0.15) is 0 Å². The summed E-state index contributed by atoms with van der Waals surface area (Å²) in [6.45, 7) is 5.61. The predicted molar refractivity (Wildman–Crippen MR) is 45.5 cm³/mol. The molecule has 0 saturated carbocycles. The molecule has 2 heteroatoms. The molecule has 1 heterocycles. The smallest absolute Gasteiger partial charge is 0.0867 e. The van der Waals surface area contributed by atoms with Crippen LogP contribution in [0.1, 0.15) is 18.2 Å². The highest BCUT2D eigenvalue weighted by Gasteiger charge is 1.98. The third-order valence-corrected chi connectivity index (χ3v) is 1.70. The average Bonchev–Trinajstić information content (AvgIpc) is 2.26. The fraction of sp³-hybridized carbons (Fsp3) is 0.556. The zero-order chi connectivity index (χ0) is 8.27. The average molecular weight is 153 g/mol. The van der Waals surface area contributed by atoms with Crippen molar-refractivity contribution in [2.24, 2.45) is 7.05 Å². The molecule has 0 saturated heterocycles. The van der Waals surface area contributed by atoms with Crippen LogP contribution in [0.25, 0.3) is 0 Å². The second kappa shape index (κ2) is 3.58. The van der Waals surface area contributed by atoms with Gasteiger partial charge in [0.15, 0.2) is 0 Å². The predicted octanol–water partition coefficient (Wildman–Crippen LogP) is 1.87. The highest BCUT2D eigenvalue weighted by atomic mass is 16.5. The zero-order valence-electron chi connectivity index (χ0n) is 7.42. The van der Waals surface area contributed by atoms with E-state index in [-0.39, 0.29) is 0 Å². The van der Waals surface area contributed by atoms with Crippen LogP contribution in [0.2, 0.25) is 0 Å². The minimum atomic E-state index is 0.723. The van der Waals surface area contributed by atoms with Crippen LogP contribution >= 0.6 is 0 Å². The van der Waals surface area contributed by atoms with E-state index in [0.29, 0.717) is 0 Å². The summed E-state index contributed by atoms with van der Waals surface area (Å²) in [7, 11) is 2.04. The quantitative estimate of drug-likeness (QED) is 0.646. The Morgan fingerprint density at radius 1 is 1.55 bits per heavy atom. The highest BCUT2D eigenvalue weighted by Crippen LogP contribution is 2.06. The fourth-order valence-electron chi connectivity index (χ4n) is 1.14. The molecule has 11 heavy (non-hydrogen) atoms. The Balaban J connectivity index is 2.62.